The van der Waals surface area contributed by atoms with E-state index < -0.39 is 10.5 Å². The summed E-state index contributed by atoms with van der Waals surface area (Å²) in [5.41, 5.74) is 0.650. The molecule has 0 radical (unpaired) electrons. The molecule has 1 rings (SSSR count). The van der Waals surface area contributed by atoms with E-state index in [-0.39, 0.29) is 4.41 Å². The van der Waals surface area contributed by atoms with Gasteiger partial charge in [-0.2, -0.15) is 0 Å². The van der Waals surface area contributed by atoms with E-state index in [9.17, 15) is 4.79 Å². The van der Waals surface area contributed by atoms with Crippen LogP contribution < -0.4 is 0 Å². The zero-order chi connectivity index (χ0) is 9.90. The Morgan fingerprint density at radius 2 is 1.69 bits per heavy atom. The monoisotopic (exact) mass is 296 g/mol. The molecule has 0 amide bonds. The van der Waals surface area contributed by atoms with Crippen molar-refractivity contribution < 1.29 is 4.79 Å². The van der Waals surface area contributed by atoms with E-state index in [0.717, 1.165) is 0 Å². The van der Waals surface area contributed by atoms with Crippen molar-refractivity contribution >= 4 is 50.9 Å². The van der Waals surface area contributed by atoms with E-state index in [1.165, 1.54) is 0 Å². The zero-order valence-electron chi connectivity index (χ0n) is 6.43. The predicted molar refractivity (Wildman–Crippen MR) is 58.9 cm³/mol. The first kappa shape index (κ1) is 11.2. The van der Waals surface area contributed by atoms with Gasteiger partial charge in [0, 0.05) is 0 Å². The Hall–Kier alpha value is 0.0829. The summed E-state index contributed by atoms with van der Waals surface area (Å²) in [4.78, 5) is 10.6. The fourth-order valence-corrected chi connectivity index (χ4v) is 4.47. The van der Waals surface area contributed by atoms with Crippen molar-refractivity contribution in [1.29, 1.82) is 0 Å². The Balaban J connectivity index is 3.15. The van der Waals surface area contributed by atoms with Crippen molar-refractivity contribution in [1.82, 2.24) is 0 Å². The summed E-state index contributed by atoms with van der Waals surface area (Å²) in [6.45, 7) is 0. The van der Waals surface area contributed by atoms with E-state index in [1.807, 2.05) is 6.07 Å². The molecule has 0 bridgehead atoms. The van der Waals surface area contributed by atoms with E-state index in [4.69, 9.17) is 30.0 Å². The molecule has 13 heavy (non-hydrogen) atoms. The van der Waals surface area contributed by atoms with Crippen LogP contribution in [-0.2, 0) is 4.79 Å². The summed E-state index contributed by atoms with van der Waals surface area (Å²) in [6, 6.07) is 8.86. The van der Waals surface area contributed by atoms with E-state index in [0.29, 0.717) is 5.56 Å². The number of hydrogen-bond acceptors (Lipinski definition) is 1. The first-order valence-electron chi connectivity index (χ1n) is 3.43. The van der Waals surface area contributed by atoms with Gasteiger partial charge in [-0.3, -0.25) is 0 Å². The SMILES string of the molecule is O=C=[C](c1ccccc1)[Ge]([Cl])([Cl])[Cl]. The minimum atomic E-state index is -3.61. The number of carbonyl (C=O) groups excluding carboxylic acids is 1. The Morgan fingerprint density at radius 3 is 2.08 bits per heavy atom. The summed E-state index contributed by atoms with van der Waals surface area (Å²) < 4.78 is 0.214. The van der Waals surface area contributed by atoms with Gasteiger partial charge in [-0.05, 0) is 0 Å². The second-order valence-electron chi connectivity index (χ2n) is 2.34. The van der Waals surface area contributed by atoms with Crippen LogP contribution in [0, 0.1) is 0 Å². The third-order valence-electron chi connectivity index (χ3n) is 1.45. The van der Waals surface area contributed by atoms with Gasteiger partial charge < -0.3 is 0 Å². The molecule has 0 spiro atoms. The fraction of sp³-hybridized carbons (Fsp3) is 0. The summed E-state index contributed by atoms with van der Waals surface area (Å²) in [5.74, 6) is 1.71. The third kappa shape index (κ3) is 3.05. The number of hydrogen-bond donors (Lipinski definition) is 0. The second-order valence-corrected chi connectivity index (χ2v) is 17.3. The molecular weight excluding hydrogens is 291 g/mol. The maximum atomic E-state index is 10.6. The van der Waals surface area contributed by atoms with Gasteiger partial charge in [-0.1, -0.05) is 0 Å². The van der Waals surface area contributed by atoms with Crippen molar-refractivity contribution in [2.24, 2.45) is 0 Å². The molecule has 0 atom stereocenters. The van der Waals surface area contributed by atoms with Gasteiger partial charge in [-0.25, -0.2) is 0 Å². The van der Waals surface area contributed by atoms with Crippen LogP contribution in [-0.4, -0.2) is 16.4 Å². The molecule has 1 nitrogen and oxygen atoms in total. The van der Waals surface area contributed by atoms with Gasteiger partial charge in [0.05, 0.1) is 0 Å². The molecule has 0 N–H and O–H groups in total. The van der Waals surface area contributed by atoms with Crippen LogP contribution >= 0.6 is 30.0 Å². The molecule has 68 valence electrons. The molecule has 0 saturated heterocycles. The molecule has 0 aromatic heterocycles. The van der Waals surface area contributed by atoms with Crippen molar-refractivity contribution in [3.05, 3.63) is 35.9 Å². The van der Waals surface area contributed by atoms with Crippen molar-refractivity contribution in [3.63, 3.8) is 0 Å². The standard InChI is InChI=1S/C8H5Cl3GeO/c9-12(10,11)8(6-13)7-4-2-1-3-5-7/h1-5H. The van der Waals surface area contributed by atoms with Gasteiger partial charge in [0.15, 0.2) is 0 Å². The molecule has 0 aliphatic heterocycles. The topological polar surface area (TPSA) is 17.1 Å². The van der Waals surface area contributed by atoms with Crippen molar-refractivity contribution in [3.8, 4) is 0 Å². The van der Waals surface area contributed by atoms with Gasteiger partial charge in [0.1, 0.15) is 0 Å². The van der Waals surface area contributed by atoms with Crippen LogP contribution in [0.4, 0.5) is 0 Å². The number of rotatable bonds is 2. The Kier molecular flexibility index (Phi) is 3.90. The van der Waals surface area contributed by atoms with Crippen LogP contribution in [0.1, 0.15) is 5.56 Å². The quantitative estimate of drug-likeness (QED) is 0.605. The van der Waals surface area contributed by atoms with Crippen LogP contribution in [0.5, 0.6) is 0 Å². The van der Waals surface area contributed by atoms with E-state index in [1.54, 1.807) is 30.2 Å². The van der Waals surface area contributed by atoms with Crippen LogP contribution in [0.15, 0.2) is 30.3 Å². The number of benzene rings is 1. The van der Waals surface area contributed by atoms with Crippen LogP contribution in [0.25, 0.3) is 4.41 Å². The maximum absolute atomic E-state index is 10.6. The van der Waals surface area contributed by atoms with Gasteiger partial charge >= 0.3 is 91.5 Å². The third-order valence-corrected chi connectivity index (χ3v) is 6.40. The summed E-state index contributed by atoms with van der Waals surface area (Å²) in [7, 11) is 13.7. The summed E-state index contributed by atoms with van der Waals surface area (Å²) >= 11 is 0. The minimum absolute atomic E-state index is 0.214. The summed E-state index contributed by atoms with van der Waals surface area (Å²) in [5, 5.41) is 0. The molecule has 1 aromatic carbocycles. The number of halogens is 3. The fourth-order valence-electron chi connectivity index (χ4n) is 0.885. The van der Waals surface area contributed by atoms with Crippen molar-refractivity contribution in [2.75, 3.05) is 0 Å². The molecule has 0 fully saturated rings. The molecule has 0 heterocycles. The zero-order valence-corrected chi connectivity index (χ0v) is 10.8. The van der Waals surface area contributed by atoms with Crippen molar-refractivity contribution in [2.45, 2.75) is 0 Å². The molecule has 0 unspecified atom stereocenters. The van der Waals surface area contributed by atoms with E-state index >= 15 is 0 Å². The molecular formula is C8H5Cl3GeO. The Bertz CT molecular complexity index is 338. The molecule has 0 saturated carbocycles. The van der Waals surface area contributed by atoms with Crippen LogP contribution in [0.3, 0.4) is 0 Å². The second kappa shape index (κ2) is 4.54. The summed E-state index contributed by atoms with van der Waals surface area (Å²) in [6.07, 6.45) is 0. The Labute approximate surface area is 91.2 Å². The normalized spacial score (nSPS) is 10.7. The molecule has 0 aliphatic carbocycles. The molecule has 1 aromatic rings. The average molecular weight is 296 g/mol. The first-order valence-corrected chi connectivity index (χ1v) is 12.8. The molecule has 5 heteroatoms. The van der Waals surface area contributed by atoms with Gasteiger partial charge in [0.2, 0.25) is 0 Å². The van der Waals surface area contributed by atoms with E-state index in [2.05, 4.69) is 0 Å². The van der Waals surface area contributed by atoms with Gasteiger partial charge in [-0.15, -0.1) is 0 Å². The first-order chi connectivity index (χ1) is 6.05. The molecule has 0 aliphatic rings. The average Bonchev–Trinajstić information content (AvgIpc) is 2.05. The Morgan fingerprint density at radius 1 is 1.15 bits per heavy atom. The predicted octanol–water partition coefficient (Wildman–Crippen LogP) is 3.10. The van der Waals surface area contributed by atoms with Crippen LogP contribution in [0.2, 0.25) is 0 Å². The van der Waals surface area contributed by atoms with Gasteiger partial charge in [0.25, 0.3) is 0 Å².